The van der Waals surface area contributed by atoms with Gasteiger partial charge in [0.05, 0.1) is 7.11 Å². The van der Waals surface area contributed by atoms with Crippen molar-refractivity contribution < 1.29 is 9.53 Å². The molecule has 3 N–H and O–H groups in total. The van der Waals surface area contributed by atoms with Crippen LogP contribution in [0.2, 0.25) is 0 Å². The zero-order chi connectivity index (χ0) is 8.97. The lowest BCUT2D eigenvalue weighted by Crippen LogP contribution is -2.35. The number of hydrogen-bond acceptors (Lipinski definition) is 4. The summed E-state index contributed by atoms with van der Waals surface area (Å²) in [6, 6.07) is 0.205. The van der Waals surface area contributed by atoms with Gasteiger partial charge in [0.1, 0.15) is 6.04 Å². The molecular formula is C8H16N2O2. The van der Waals surface area contributed by atoms with Crippen molar-refractivity contribution in [2.75, 3.05) is 13.7 Å². The standard InChI is InChI=1S/C8H16N2O2/c1-12-8(11)7(9)4-5-10-6-2-3-6/h6-7,10H,2-5,9H2,1H3. The molecule has 1 rings (SSSR count). The van der Waals surface area contributed by atoms with Crippen LogP contribution in [0.15, 0.2) is 0 Å². The Kier molecular flexibility index (Phi) is 3.49. The molecule has 0 spiro atoms. The number of esters is 1. The molecule has 0 aliphatic heterocycles. The molecule has 1 saturated carbocycles. The van der Waals surface area contributed by atoms with E-state index in [4.69, 9.17) is 5.73 Å². The Bertz CT molecular complexity index is 157. The molecule has 0 aromatic carbocycles. The summed E-state index contributed by atoms with van der Waals surface area (Å²) in [5, 5.41) is 3.28. The van der Waals surface area contributed by atoms with Gasteiger partial charge in [0.25, 0.3) is 0 Å². The Morgan fingerprint density at radius 1 is 1.75 bits per heavy atom. The van der Waals surface area contributed by atoms with Gasteiger partial charge in [-0.2, -0.15) is 0 Å². The predicted octanol–water partition coefficient (Wildman–Crippen LogP) is -0.371. The van der Waals surface area contributed by atoms with Crippen LogP contribution in [0, 0.1) is 0 Å². The number of carbonyl (C=O) groups is 1. The van der Waals surface area contributed by atoms with Gasteiger partial charge in [-0.3, -0.25) is 4.79 Å². The predicted molar refractivity (Wildman–Crippen MR) is 45.6 cm³/mol. The van der Waals surface area contributed by atoms with Gasteiger partial charge in [0, 0.05) is 6.04 Å². The third kappa shape index (κ3) is 3.19. The van der Waals surface area contributed by atoms with E-state index in [1.165, 1.54) is 20.0 Å². The number of methoxy groups -OCH3 is 1. The number of hydrogen-bond donors (Lipinski definition) is 2. The van der Waals surface area contributed by atoms with Crippen LogP contribution in [0.5, 0.6) is 0 Å². The normalized spacial score (nSPS) is 18.8. The summed E-state index contributed by atoms with van der Waals surface area (Å²) in [6.07, 6.45) is 3.17. The van der Waals surface area contributed by atoms with Crippen LogP contribution in [0.4, 0.5) is 0 Å². The van der Waals surface area contributed by atoms with Gasteiger partial charge in [0.15, 0.2) is 0 Å². The zero-order valence-electron chi connectivity index (χ0n) is 7.38. The average molecular weight is 172 g/mol. The number of ether oxygens (including phenoxy) is 1. The highest BCUT2D eigenvalue weighted by Gasteiger charge is 2.21. The molecule has 0 aromatic heterocycles. The maximum absolute atomic E-state index is 10.8. The van der Waals surface area contributed by atoms with Crippen molar-refractivity contribution in [1.29, 1.82) is 0 Å². The first-order chi connectivity index (χ1) is 5.74. The molecule has 4 heteroatoms. The fraction of sp³-hybridized carbons (Fsp3) is 0.875. The molecule has 1 fully saturated rings. The first kappa shape index (κ1) is 9.48. The van der Waals surface area contributed by atoms with Crippen LogP contribution in [0.25, 0.3) is 0 Å². The van der Waals surface area contributed by atoms with E-state index in [-0.39, 0.29) is 5.97 Å². The molecule has 70 valence electrons. The van der Waals surface area contributed by atoms with Gasteiger partial charge in [-0.15, -0.1) is 0 Å². The second-order valence-electron chi connectivity index (χ2n) is 3.15. The smallest absolute Gasteiger partial charge is 0.322 e. The van der Waals surface area contributed by atoms with E-state index >= 15 is 0 Å². The molecule has 1 aliphatic rings. The lowest BCUT2D eigenvalue weighted by Gasteiger charge is -2.08. The second-order valence-corrected chi connectivity index (χ2v) is 3.15. The quantitative estimate of drug-likeness (QED) is 0.555. The van der Waals surface area contributed by atoms with Crippen LogP contribution in [-0.4, -0.2) is 31.7 Å². The van der Waals surface area contributed by atoms with Crippen molar-refractivity contribution in [2.24, 2.45) is 5.73 Å². The summed E-state index contributed by atoms with van der Waals surface area (Å²) < 4.78 is 4.49. The number of nitrogens with two attached hydrogens (primary N) is 1. The minimum absolute atomic E-state index is 0.326. The van der Waals surface area contributed by atoms with Crippen LogP contribution in [0.1, 0.15) is 19.3 Å². The molecule has 0 saturated heterocycles. The topological polar surface area (TPSA) is 64.3 Å². The molecule has 1 atom stereocenters. The largest absolute Gasteiger partial charge is 0.468 e. The second kappa shape index (κ2) is 4.42. The van der Waals surface area contributed by atoms with Crippen LogP contribution < -0.4 is 11.1 Å². The van der Waals surface area contributed by atoms with Gasteiger partial charge >= 0.3 is 5.97 Å². The van der Waals surface area contributed by atoms with Crippen LogP contribution in [-0.2, 0) is 9.53 Å². The Labute approximate surface area is 72.5 Å². The molecule has 0 aromatic rings. The minimum atomic E-state index is -0.471. The number of rotatable bonds is 5. The van der Waals surface area contributed by atoms with Crippen LogP contribution in [0.3, 0.4) is 0 Å². The average Bonchev–Trinajstić information content (AvgIpc) is 2.86. The van der Waals surface area contributed by atoms with Gasteiger partial charge in [-0.1, -0.05) is 0 Å². The number of carbonyl (C=O) groups excluding carboxylic acids is 1. The maximum atomic E-state index is 10.8. The maximum Gasteiger partial charge on any atom is 0.322 e. The summed E-state index contributed by atoms with van der Waals surface area (Å²) in [6.45, 7) is 0.806. The van der Waals surface area contributed by atoms with Gasteiger partial charge in [-0.25, -0.2) is 0 Å². The van der Waals surface area contributed by atoms with Crippen molar-refractivity contribution in [1.82, 2.24) is 5.32 Å². The van der Waals surface area contributed by atoms with E-state index in [2.05, 4.69) is 10.1 Å². The van der Waals surface area contributed by atoms with Gasteiger partial charge < -0.3 is 15.8 Å². The van der Waals surface area contributed by atoms with E-state index in [0.717, 1.165) is 6.54 Å². The first-order valence-corrected chi connectivity index (χ1v) is 4.31. The molecule has 0 radical (unpaired) electrons. The molecule has 12 heavy (non-hydrogen) atoms. The molecule has 1 unspecified atom stereocenters. The molecular weight excluding hydrogens is 156 g/mol. The molecule has 4 nitrogen and oxygen atoms in total. The molecule has 0 heterocycles. The minimum Gasteiger partial charge on any atom is -0.468 e. The molecule has 0 amide bonds. The summed E-state index contributed by atoms with van der Waals surface area (Å²) >= 11 is 0. The lowest BCUT2D eigenvalue weighted by atomic mass is 10.2. The van der Waals surface area contributed by atoms with Crippen molar-refractivity contribution in [3.05, 3.63) is 0 Å². The van der Waals surface area contributed by atoms with E-state index < -0.39 is 6.04 Å². The lowest BCUT2D eigenvalue weighted by molar-refractivity contribution is -0.142. The van der Waals surface area contributed by atoms with Crippen molar-refractivity contribution in [3.8, 4) is 0 Å². The van der Waals surface area contributed by atoms with Gasteiger partial charge in [0.2, 0.25) is 0 Å². The highest BCUT2D eigenvalue weighted by molar-refractivity contribution is 5.75. The Morgan fingerprint density at radius 2 is 2.42 bits per heavy atom. The molecule has 1 aliphatic carbocycles. The fourth-order valence-electron chi connectivity index (χ4n) is 1.000. The van der Waals surface area contributed by atoms with Crippen LogP contribution >= 0.6 is 0 Å². The Morgan fingerprint density at radius 3 is 2.92 bits per heavy atom. The van der Waals surface area contributed by atoms with E-state index in [9.17, 15) is 4.79 Å². The van der Waals surface area contributed by atoms with Crippen molar-refractivity contribution in [3.63, 3.8) is 0 Å². The fourth-order valence-corrected chi connectivity index (χ4v) is 1.000. The Balaban J connectivity index is 2.00. The summed E-state index contributed by atoms with van der Waals surface area (Å²) in [7, 11) is 1.36. The van der Waals surface area contributed by atoms with Crippen molar-refractivity contribution >= 4 is 5.97 Å². The third-order valence-electron chi connectivity index (χ3n) is 1.97. The van der Waals surface area contributed by atoms with E-state index in [1.54, 1.807) is 0 Å². The first-order valence-electron chi connectivity index (χ1n) is 4.31. The SMILES string of the molecule is COC(=O)C(N)CCNC1CC1. The third-order valence-corrected chi connectivity index (χ3v) is 1.97. The van der Waals surface area contributed by atoms with Crippen molar-refractivity contribution in [2.45, 2.75) is 31.3 Å². The highest BCUT2D eigenvalue weighted by Crippen LogP contribution is 2.18. The molecule has 0 bridgehead atoms. The number of nitrogens with one attached hydrogen (secondary N) is 1. The zero-order valence-corrected chi connectivity index (χ0v) is 7.38. The highest BCUT2D eigenvalue weighted by atomic mass is 16.5. The van der Waals surface area contributed by atoms with E-state index in [1.807, 2.05) is 0 Å². The summed E-state index contributed by atoms with van der Waals surface area (Å²) in [5.74, 6) is -0.326. The van der Waals surface area contributed by atoms with Gasteiger partial charge in [-0.05, 0) is 25.8 Å². The van der Waals surface area contributed by atoms with E-state index in [0.29, 0.717) is 12.5 Å². The summed E-state index contributed by atoms with van der Waals surface area (Å²) in [5.41, 5.74) is 5.52. The Hall–Kier alpha value is -0.610. The monoisotopic (exact) mass is 172 g/mol. The summed E-state index contributed by atoms with van der Waals surface area (Å²) in [4.78, 5) is 10.8.